The number of Topliss-reactive ketones (excluding diaryl/α,β-unsaturated/α-hetero) is 1. The molecule has 0 amide bonds. The zero-order chi connectivity index (χ0) is 44.9. The van der Waals surface area contributed by atoms with E-state index in [0.717, 1.165) is 13.8 Å². The van der Waals surface area contributed by atoms with Crippen molar-refractivity contribution in [1.29, 1.82) is 0 Å². The van der Waals surface area contributed by atoms with E-state index in [1.807, 2.05) is 0 Å². The standard InChI is InChI=1S/C47H51NO14/c1-25-31(59-43(55)37(35(48)28-16-10-7-11-17-28)60-41(53)29-18-12-8-13-19-29)23-47(56)40(61-42(54)30-20-14-9-15-21-30)38-45(6,32(51)22-33-46(38,24-57-33)62-27(3)50)39(52)36(58-26(2)49)34(25)44(47,4)5/h7-21,31-33,35-38,40,51,56H,22-24,48H2,1-6H3/t31-,32-,33+,35-,36+,37+,38?,40?,45+,46-,47+/m0/s1. The van der Waals surface area contributed by atoms with E-state index in [1.54, 1.807) is 87.5 Å². The molecule has 15 nitrogen and oxygen atoms in total. The SMILES string of the molecule is CC(=O)O[C@H]1C(=O)[C@@]2(C)C(C(OC(=O)c3ccccc3)[C@]3(O)C[C@H](OC(=O)[C@H](OC(=O)c4ccccc4)[C@@H](N)c4ccccc4)C(C)=C1C3(C)C)[C@]1(OC(C)=O)CO[C@@H]1C[C@@H]2O. The average Bonchev–Trinajstić information content (AvgIpc) is 3.24. The van der Waals surface area contributed by atoms with Crippen LogP contribution in [-0.4, -0.2) is 100 Å². The van der Waals surface area contributed by atoms with Gasteiger partial charge in [0.2, 0.25) is 6.10 Å². The van der Waals surface area contributed by atoms with Gasteiger partial charge in [0.05, 0.1) is 41.2 Å². The molecule has 62 heavy (non-hydrogen) atoms. The molecule has 7 rings (SSSR count). The Kier molecular flexibility index (Phi) is 11.8. The van der Waals surface area contributed by atoms with Crippen molar-refractivity contribution in [3.8, 4) is 0 Å². The lowest BCUT2D eigenvalue weighted by Gasteiger charge is -2.67. The molecular weight excluding hydrogens is 803 g/mol. The Balaban J connectivity index is 1.42. The van der Waals surface area contributed by atoms with E-state index in [2.05, 4.69) is 0 Å². The fourth-order valence-electron chi connectivity index (χ4n) is 10.1. The summed E-state index contributed by atoms with van der Waals surface area (Å²) >= 11 is 0. The molecule has 3 aromatic rings. The van der Waals surface area contributed by atoms with Crippen LogP contribution in [0.25, 0.3) is 0 Å². The topological polar surface area (TPSA) is 224 Å². The Bertz CT molecular complexity index is 2280. The second-order valence-corrected chi connectivity index (χ2v) is 17.3. The minimum absolute atomic E-state index is 0.00981. The lowest BCUT2D eigenvalue weighted by molar-refractivity contribution is -0.346. The quantitative estimate of drug-likeness (QED) is 0.148. The molecule has 2 bridgehead atoms. The van der Waals surface area contributed by atoms with Crippen LogP contribution in [0.3, 0.4) is 0 Å². The molecule has 3 fully saturated rings. The molecule has 11 atom stereocenters. The molecule has 3 aliphatic carbocycles. The highest BCUT2D eigenvalue weighted by atomic mass is 16.6. The van der Waals surface area contributed by atoms with Crippen molar-refractivity contribution >= 4 is 35.6 Å². The number of hydrogen-bond donors (Lipinski definition) is 3. The summed E-state index contributed by atoms with van der Waals surface area (Å²) in [5.41, 5.74) is -0.378. The van der Waals surface area contributed by atoms with Crippen molar-refractivity contribution in [2.75, 3.05) is 6.61 Å². The molecule has 1 heterocycles. The van der Waals surface area contributed by atoms with Gasteiger partial charge in [0, 0.05) is 32.1 Å². The molecule has 15 heteroatoms. The molecule has 1 aliphatic heterocycles. The third-order valence-electron chi connectivity index (χ3n) is 13.4. The molecule has 4 N–H and O–H groups in total. The highest BCUT2D eigenvalue weighted by Gasteiger charge is 2.78. The van der Waals surface area contributed by atoms with Crippen LogP contribution in [0.15, 0.2) is 102 Å². The summed E-state index contributed by atoms with van der Waals surface area (Å²) < 4.78 is 36.3. The third-order valence-corrected chi connectivity index (χ3v) is 13.4. The van der Waals surface area contributed by atoms with Gasteiger partial charge in [-0.15, -0.1) is 0 Å². The first kappa shape index (κ1) is 44.3. The number of aliphatic hydroxyl groups is 2. The van der Waals surface area contributed by atoms with Gasteiger partial charge >= 0.3 is 29.8 Å². The molecule has 0 spiro atoms. The third kappa shape index (κ3) is 7.29. The zero-order valence-corrected chi connectivity index (χ0v) is 35.3. The molecular formula is C47H51NO14. The molecule has 2 saturated carbocycles. The van der Waals surface area contributed by atoms with Gasteiger partial charge in [0.25, 0.3) is 0 Å². The number of carbonyl (C=O) groups excluding carboxylic acids is 6. The van der Waals surface area contributed by atoms with E-state index in [9.17, 15) is 34.2 Å². The Labute approximate surface area is 358 Å². The summed E-state index contributed by atoms with van der Waals surface area (Å²) in [6, 6.07) is 23.0. The van der Waals surface area contributed by atoms with Gasteiger partial charge in [-0.05, 0) is 54.8 Å². The van der Waals surface area contributed by atoms with Crippen LogP contribution in [0, 0.1) is 16.7 Å². The molecule has 3 aromatic carbocycles. The minimum atomic E-state index is -2.38. The van der Waals surface area contributed by atoms with Crippen molar-refractivity contribution in [1.82, 2.24) is 0 Å². The van der Waals surface area contributed by atoms with Crippen molar-refractivity contribution in [2.24, 2.45) is 22.5 Å². The number of aliphatic hydroxyl groups excluding tert-OH is 1. The van der Waals surface area contributed by atoms with Gasteiger partial charge in [0.15, 0.2) is 17.5 Å². The van der Waals surface area contributed by atoms with Crippen LogP contribution in [0.2, 0.25) is 0 Å². The first-order chi connectivity index (χ1) is 29.3. The Hall–Kier alpha value is -5.74. The first-order valence-electron chi connectivity index (χ1n) is 20.4. The second-order valence-electron chi connectivity index (χ2n) is 17.3. The molecule has 4 aliphatic rings. The summed E-state index contributed by atoms with van der Waals surface area (Å²) in [4.78, 5) is 84.0. The molecule has 2 unspecified atom stereocenters. The average molecular weight is 854 g/mol. The van der Waals surface area contributed by atoms with Gasteiger partial charge < -0.3 is 44.4 Å². The van der Waals surface area contributed by atoms with Crippen molar-refractivity contribution in [3.63, 3.8) is 0 Å². The highest BCUT2D eigenvalue weighted by molar-refractivity contribution is 5.96. The van der Waals surface area contributed by atoms with Gasteiger partial charge in [-0.3, -0.25) is 14.4 Å². The van der Waals surface area contributed by atoms with Gasteiger partial charge in [-0.25, -0.2) is 14.4 Å². The van der Waals surface area contributed by atoms with Crippen LogP contribution in [-0.2, 0) is 47.6 Å². The van der Waals surface area contributed by atoms with E-state index in [4.69, 9.17) is 34.2 Å². The number of nitrogens with two attached hydrogens (primary N) is 1. The number of ether oxygens (including phenoxy) is 6. The van der Waals surface area contributed by atoms with Crippen LogP contribution in [0.4, 0.5) is 0 Å². The lowest BCUT2D eigenvalue weighted by Crippen LogP contribution is -2.82. The van der Waals surface area contributed by atoms with Gasteiger partial charge in [-0.2, -0.15) is 0 Å². The Morgan fingerprint density at radius 1 is 0.806 bits per heavy atom. The van der Waals surface area contributed by atoms with Crippen molar-refractivity contribution in [3.05, 3.63) is 119 Å². The summed E-state index contributed by atoms with van der Waals surface area (Å²) in [6.07, 6.45) is -10.2. The van der Waals surface area contributed by atoms with E-state index < -0.39 is 113 Å². The molecule has 328 valence electrons. The lowest BCUT2D eigenvalue weighted by atomic mass is 9.44. The van der Waals surface area contributed by atoms with Crippen LogP contribution < -0.4 is 5.73 Å². The largest absolute Gasteiger partial charge is 0.455 e. The minimum Gasteiger partial charge on any atom is -0.455 e. The molecule has 1 saturated heterocycles. The van der Waals surface area contributed by atoms with E-state index in [0.29, 0.717) is 5.56 Å². The molecule has 0 radical (unpaired) electrons. The Morgan fingerprint density at radius 2 is 1.37 bits per heavy atom. The molecule has 0 aromatic heterocycles. The van der Waals surface area contributed by atoms with Crippen molar-refractivity contribution in [2.45, 2.75) is 108 Å². The zero-order valence-electron chi connectivity index (χ0n) is 35.3. The number of carbonyl (C=O) groups is 6. The smallest absolute Gasteiger partial charge is 0.350 e. The van der Waals surface area contributed by atoms with Gasteiger partial charge in [0.1, 0.15) is 23.9 Å². The fraction of sp³-hybridized carbons (Fsp3) is 0.447. The number of rotatable bonds is 10. The van der Waals surface area contributed by atoms with E-state index >= 15 is 4.79 Å². The predicted octanol–water partition coefficient (Wildman–Crippen LogP) is 4.13. The number of ketones is 1. The summed E-state index contributed by atoms with van der Waals surface area (Å²) in [5.74, 6) is -6.99. The number of hydrogen-bond acceptors (Lipinski definition) is 15. The first-order valence-corrected chi connectivity index (χ1v) is 20.4. The second kappa shape index (κ2) is 16.5. The number of fused-ring (bicyclic) bond motifs is 5. The van der Waals surface area contributed by atoms with Crippen molar-refractivity contribution < 1.29 is 67.4 Å². The van der Waals surface area contributed by atoms with Crippen LogP contribution >= 0.6 is 0 Å². The number of esters is 5. The predicted molar refractivity (Wildman–Crippen MR) is 218 cm³/mol. The van der Waals surface area contributed by atoms with Crippen LogP contribution in [0.1, 0.15) is 86.7 Å². The highest BCUT2D eigenvalue weighted by Crippen LogP contribution is 2.64. The maximum Gasteiger partial charge on any atom is 0.350 e. The maximum atomic E-state index is 15.5. The summed E-state index contributed by atoms with van der Waals surface area (Å²) in [6.45, 7) is 8.04. The van der Waals surface area contributed by atoms with Gasteiger partial charge in [-0.1, -0.05) is 80.6 Å². The Morgan fingerprint density at radius 3 is 1.90 bits per heavy atom. The fourth-order valence-corrected chi connectivity index (χ4v) is 10.1. The van der Waals surface area contributed by atoms with Crippen LogP contribution in [0.5, 0.6) is 0 Å². The summed E-state index contributed by atoms with van der Waals surface area (Å²) in [7, 11) is 0. The summed E-state index contributed by atoms with van der Waals surface area (Å²) in [5, 5.41) is 25.8. The van der Waals surface area contributed by atoms with E-state index in [1.165, 1.54) is 31.2 Å². The maximum absolute atomic E-state index is 15.5. The van der Waals surface area contributed by atoms with E-state index in [-0.39, 0.29) is 35.3 Å². The number of benzene rings is 3. The normalized spacial score (nSPS) is 31.9. The monoisotopic (exact) mass is 853 g/mol.